The molecule has 1 aliphatic heterocycles. The molecule has 0 unspecified atom stereocenters. The van der Waals surface area contributed by atoms with Crippen molar-refractivity contribution in [2.45, 2.75) is 155 Å². The topological polar surface area (TPSA) is 70.5 Å². The van der Waals surface area contributed by atoms with E-state index in [1.807, 2.05) is 48.5 Å². The van der Waals surface area contributed by atoms with Crippen LogP contribution in [0, 0.1) is 0 Å². The highest BCUT2D eigenvalue weighted by Gasteiger charge is 2.14. The van der Waals surface area contributed by atoms with Gasteiger partial charge < -0.3 is 14.2 Å². The third kappa shape index (κ3) is 16.7. The zero-order valence-electron chi connectivity index (χ0n) is 32.9. The normalized spacial score (nSPS) is 11.2. The molecule has 288 valence electrons. The number of unbranched alkanes of at least 4 members (excludes halogenated alkanes) is 20. The highest BCUT2D eigenvalue weighted by molar-refractivity contribution is 5.91. The number of carbonyl (C=O) groups is 1. The minimum atomic E-state index is -0.429. The number of hydrogen-bond acceptors (Lipinski definition) is 6. The fourth-order valence-corrected chi connectivity index (χ4v) is 6.65. The number of fused-ring (bicyclic) bond motifs is 1. The van der Waals surface area contributed by atoms with Gasteiger partial charge in [0, 0.05) is 5.56 Å². The summed E-state index contributed by atoms with van der Waals surface area (Å²) < 4.78 is 17.5. The number of ether oxygens (including phenoxy) is 3. The number of rotatable bonds is 29. The van der Waals surface area contributed by atoms with Gasteiger partial charge in [0.1, 0.15) is 17.2 Å². The summed E-state index contributed by atoms with van der Waals surface area (Å²) in [5, 5.41) is 0. The number of imidazole rings is 1. The number of esters is 1. The summed E-state index contributed by atoms with van der Waals surface area (Å²) in [5.74, 6) is 2.36. The van der Waals surface area contributed by atoms with E-state index < -0.39 is 5.97 Å². The molecule has 1 aliphatic carbocycles. The van der Waals surface area contributed by atoms with Crippen molar-refractivity contribution in [1.82, 2.24) is 9.97 Å². The van der Waals surface area contributed by atoms with E-state index in [2.05, 4.69) is 13.8 Å². The molecule has 0 atom stereocenters. The minimum absolute atomic E-state index is 0.429. The molecule has 0 bridgehead atoms. The van der Waals surface area contributed by atoms with Crippen LogP contribution < -0.4 is 14.2 Å². The molecular weight excluding hydrogens is 657 g/mol. The van der Waals surface area contributed by atoms with E-state index in [-0.39, 0.29) is 0 Å². The Morgan fingerprint density at radius 1 is 0.434 bits per heavy atom. The summed E-state index contributed by atoms with van der Waals surface area (Å²) >= 11 is 0. The summed E-state index contributed by atoms with van der Waals surface area (Å²) in [5.41, 5.74) is 2.79. The lowest BCUT2D eigenvalue weighted by Crippen LogP contribution is -2.07. The molecule has 0 radical (unpaired) electrons. The molecule has 0 aromatic heterocycles. The second kappa shape index (κ2) is 25.9. The quantitative estimate of drug-likeness (QED) is 0.0316. The van der Waals surface area contributed by atoms with E-state index in [4.69, 9.17) is 24.2 Å². The molecule has 6 heteroatoms. The Kier molecular flexibility index (Phi) is 20.5. The van der Waals surface area contributed by atoms with Crippen molar-refractivity contribution in [1.29, 1.82) is 0 Å². The van der Waals surface area contributed by atoms with Crippen molar-refractivity contribution in [3.8, 4) is 40.0 Å². The maximum absolute atomic E-state index is 13.0. The number of aromatic nitrogens is 2. The van der Waals surface area contributed by atoms with Crippen LogP contribution in [0.4, 0.5) is 0 Å². The molecule has 53 heavy (non-hydrogen) atoms. The van der Waals surface area contributed by atoms with Gasteiger partial charge in [-0.2, -0.15) is 0 Å². The van der Waals surface area contributed by atoms with Gasteiger partial charge in [-0.25, -0.2) is 14.8 Å². The Hall–Kier alpha value is -3.93. The van der Waals surface area contributed by atoms with Crippen molar-refractivity contribution in [2.75, 3.05) is 13.2 Å². The van der Waals surface area contributed by atoms with Crippen LogP contribution in [0.3, 0.4) is 0 Å². The highest BCUT2D eigenvalue weighted by atomic mass is 16.5. The zero-order valence-corrected chi connectivity index (χ0v) is 32.9. The van der Waals surface area contributed by atoms with Gasteiger partial charge in [-0.05, 0) is 85.6 Å². The van der Waals surface area contributed by atoms with Crippen LogP contribution >= 0.6 is 0 Å². The van der Waals surface area contributed by atoms with Gasteiger partial charge >= 0.3 is 5.97 Å². The Labute approximate surface area is 320 Å². The van der Waals surface area contributed by atoms with E-state index in [0.29, 0.717) is 23.7 Å². The standard InChI is InChI=1S/C47H66N2O4/c1-3-5-7-9-11-13-14-15-16-17-18-20-22-24-38-52-42-31-33-43(34-32-42)53-47(50)40-27-35-44-45(36-28-40)49-46(48-44)39-25-29-41(30-26-39)51-37-23-21-19-12-10-8-6-4-2/h25-36H,3-24,37-38H2,1-2H3. The summed E-state index contributed by atoms with van der Waals surface area (Å²) in [7, 11) is 0. The van der Waals surface area contributed by atoms with Gasteiger partial charge in [-0.15, -0.1) is 0 Å². The lowest BCUT2D eigenvalue weighted by Gasteiger charge is -2.08. The maximum atomic E-state index is 13.0. The number of carbonyl (C=O) groups excluding carboxylic acids is 1. The van der Waals surface area contributed by atoms with Crippen LogP contribution in [0.15, 0.2) is 72.8 Å². The first-order chi connectivity index (χ1) is 26.2. The first-order valence-corrected chi connectivity index (χ1v) is 21.1. The van der Waals surface area contributed by atoms with Crippen LogP contribution in [0.2, 0.25) is 0 Å². The molecule has 2 aromatic rings. The first kappa shape index (κ1) is 41.8. The van der Waals surface area contributed by atoms with Crippen LogP contribution in [-0.2, 0) is 0 Å². The monoisotopic (exact) mass is 723 g/mol. The van der Waals surface area contributed by atoms with Gasteiger partial charge in [-0.1, -0.05) is 142 Å². The third-order valence-corrected chi connectivity index (χ3v) is 9.97. The van der Waals surface area contributed by atoms with Crippen molar-refractivity contribution < 1.29 is 19.0 Å². The summed E-state index contributed by atoms with van der Waals surface area (Å²) in [6.45, 7) is 5.98. The average Bonchev–Trinajstić information content (AvgIpc) is 3.48. The predicted octanol–water partition coefficient (Wildman–Crippen LogP) is 13.8. The molecule has 0 N–H and O–H groups in total. The van der Waals surface area contributed by atoms with Crippen LogP contribution in [0.5, 0.6) is 17.2 Å². The van der Waals surface area contributed by atoms with Gasteiger partial charge in [0.15, 0.2) is 5.82 Å². The Bertz CT molecular complexity index is 1470. The van der Waals surface area contributed by atoms with E-state index in [9.17, 15) is 4.79 Å². The Balaban J connectivity index is 1.10. The van der Waals surface area contributed by atoms with Crippen molar-refractivity contribution in [3.63, 3.8) is 0 Å². The number of benzene rings is 2. The summed E-state index contributed by atoms with van der Waals surface area (Å²) in [6, 6.07) is 22.3. The fraction of sp³-hybridized carbons (Fsp3) is 0.553. The van der Waals surface area contributed by atoms with Crippen LogP contribution in [0.25, 0.3) is 22.8 Å². The SMILES string of the molecule is CCCCCCCCCCCCCCCCOc1ccc(OC(=O)c2ccc3nc(-c4ccc(OCCCCCCCCCC)cc4)nc-3cc2)cc1. The minimum Gasteiger partial charge on any atom is -0.494 e. The molecule has 0 spiro atoms. The summed E-state index contributed by atoms with van der Waals surface area (Å²) in [4.78, 5) is 22.4. The van der Waals surface area contributed by atoms with Crippen molar-refractivity contribution in [2.24, 2.45) is 0 Å². The van der Waals surface area contributed by atoms with Crippen LogP contribution in [-0.4, -0.2) is 29.2 Å². The molecule has 0 amide bonds. The second-order valence-corrected chi connectivity index (χ2v) is 14.6. The Morgan fingerprint density at radius 3 is 1.21 bits per heavy atom. The first-order valence-electron chi connectivity index (χ1n) is 21.1. The number of nitrogens with zero attached hydrogens (tertiary/aromatic N) is 2. The molecular formula is C47H66N2O4. The Morgan fingerprint density at radius 2 is 0.792 bits per heavy atom. The maximum Gasteiger partial charge on any atom is 0.343 e. The molecule has 2 aromatic carbocycles. The van der Waals surface area contributed by atoms with Crippen LogP contribution in [0.1, 0.15) is 165 Å². The van der Waals surface area contributed by atoms with Gasteiger partial charge in [-0.3, -0.25) is 0 Å². The van der Waals surface area contributed by atoms with Gasteiger partial charge in [0.2, 0.25) is 0 Å². The van der Waals surface area contributed by atoms with Crippen molar-refractivity contribution in [3.05, 3.63) is 78.4 Å². The smallest absolute Gasteiger partial charge is 0.343 e. The van der Waals surface area contributed by atoms with E-state index in [1.54, 1.807) is 24.3 Å². The lowest BCUT2D eigenvalue weighted by atomic mass is 10.0. The lowest BCUT2D eigenvalue weighted by molar-refractivity contribution is 0.0734. The third-order valence-electron chi connectivity index (χ3n) is 9.97. The van der Waals surface area contributed by atoms with Crippen molar-refractivity contribution >= 4 is 5.97 Å². The van der Waals surface area contributed by atoms with Gasteiger partial charge in [0.05, 0.1) is 30.2 Å². The molecule has 6 nitrogen and oxygen atoms in total. The highest BCUT2D eigenvalue weighted by Crippen LogP contribution is 2.27. The molecule has 2 aliphatic rings. The summed E-state index contributed by atoms with van der Waals surface area (Å²) in [6.07, 6.45) is 29.1. The molecule has 0 saturated heterocycles. The molecule has 1 heterocycles. The van der Waals surface area contributed by atoms with E-state index >= 15 is 0 Å². The predicted molar refractivity (Wildman–Crippen MR) is 219 cm³/mol. The fourth-order valence-electron chi connectivity index (χ4n) is 6.65. The van der Waals surface area contributed by atoms with Gasteiger partial charge in [0.25, 0.3) is 0 Å². The molecule has 0 saturated carbocycles. The van der Waals surface area contributed by atoms with E-state index in [1.165, 1.54) is 128 Å². The largest absolute Gasteiger partial charge is 0.494 e. The molecule has 0 fully saturated rings. The number of hydrogen-bond donors (Lipinski definition) is 0. The second-order valence-electron chi connectivity index (χ2n) is 14.6. The van der Waals surface area contributed by atoms with E-state index in [0.717, 1.165) is 47.9 Å². The molecule has 4 rings (SSSR count). The zero-order chi connectivity index (χ0) is 37.2. The average molecular weight is 723 g/mol.